The first-order valence-electron chi connectivity index (χ1n) is 9.30. The quantitative estimate of drug-likeness (QED) is 0.882. The van der Waals surface area contributed by atoms with Crippen LogP contribution in [0.3, 0.4) is 0 Å². The van der Waals surface area contributed by atoms with Crippen LogP contribution in [0.4, 0.5) is 10.5 Å². The topological polar surface area (TPSA) is 61.4 Å². The van der Waals surface area contributed by atoms with Crippen LogP contribution in [-0.4, -0.2) is 36.0 Å². The molecule has 25 heavy (non-hydrogen) atoms. The third kappa shape index (κ3) is 4.53. The lowest BCUT2D eigenvalue weighted by molar-refractivity contribution is -0.121. The molecule has 0 atom stereocenters. The highest BCUT2D eigenvalue weighted by molar-refractivity contribution is 5.93. The van der Waals surface area contributed by atoms with Crippen molar-refractivity contribution in [2.75, 3.05) is 18.4 Å². The Morgan fingerprint density at radius 3 is 2.28 bits per heavy atom. The van der Waals surface area contributed by atoms with Crippen LogP contribution >= 0.6 is 0 Å². The molecule has 1 aromatic carbocycles. The van der Waals surface area contributed by atoms with E-state index in [2.05, 4.69) is 37.5 Å². The molecule has 0 aromatic heterocycles. The molecule has 3 rings (SSSR count). The number of carbonyl (C=O) groups is 2. The van der Waals surface area contributed by atoms with E-state index in [1.54, 1.807) is 0 Å². The summed E-state index contributed by atoms with van der Waals surface area (Å²) >= 11 is 0. The number of para-hydroxylation sites is 1. The van der Waals surface area contributed by atoms with Gasteiger partial charge < -0.3 is 15.5 Å². The van der Waals surface area contributed by atoms with Gasteiger partial charge in [0.2, 0.25) is 5.91 Å². The molecule has 0 radical (unpaired) electrons. The maximum absolute atomic E-state index is 12.7. The van der Waals surface area contributed by atoms with E-state index in [0.717, 1.165) is 36.9 Å². The zero-order valence-corrected chi connectivity index (χ0v) is 15.5. The van der Waals surface area contributed by atoms with Crippen LogP contribution in [0, 0.1) is 5.92 Å². The van der Waals surface area contributed by atoms with Crippen LogP contribution in [0.15, 0.2) is 24.3 Å². The molecule has 1 saturated carbocycles. The third-order valence-corrected chi connectivity index (χ3v) is 5.05. The second-order valence-corrected chi connectivity index (χ2v) is 8.27. The highest BCUT2D eigenvalue weighted by Gasteiger charge is 2.31. The van der Waals surface area contributed by atoms with E-state index in [9.17, 15) is 9.59 Å². The van der Waals surface area contributed by atoms with E-state index in [1.165, 1.54) is 0 Å². The van der Waals surface area contributed by atoms with Crippen molar-refractivity contribution in [2.45, 2.75) is 57.9 Å². The average molecular weight is 343 g/mol. The second-order valence-electron chi connectivity index (χ2n) is 8.27. The fourth-order valence-corrected chi connectivity index (χ4v) is 3.32. The van der Waals surface area contributed by atoms with Crippen molar-refractivity contribution >= 4 is 17.6 Å². The molecule has 1 heterocycles. The fraction of sp³-hybridized carbons (Fsp3) is 0.600. The Morgan fingerprint density at radius 2 is 1.68 bits per heavy atom. The van der Waals surface area contributed by atoms with Crippen molar-refractivity contribution in [3.05, 3.63) is 29.8 Å². The Hall–Kier alpha value is -2.04. The lowest BCUT2D eigenvalue weighted by Gasteiger charge is -2.32. The molecule has 1 aliphatic heterocycles. The summed E-state index contributed by atoms with van der Waals surface area (Å²) in [6.45, 7) is 7.74. The highest BCUT2D eigenvalue weighted by atomic mass is 16.2. The summed E-state index contributed by atoms with van der Waals surface area (Å²) in [6, 6.07) is 8.40. The minimum atomic E-state index is -0.0296. The van der Waals surface area contributed by atoms with Crippen LogP contribution in [0.25, 0.3) is 0 Å². The van der Waals surface area contributed by atoms with Crippen molar-refractivity contribution in [2.24, 2.45) is 5.92 Å². The molecule has 1 aromatic rings. The van der Waals surface area contributed by atoms with Gasteiger partial charge in [0, 0.05) is 30.7 Å². The number of anilines is 1. The van der Waals surface area contributed by atoms with Gasteiger partial charge in [-0.2, -0.15) is 0 Å². The van der Waals surface area contributed by atoms with Crippen molar-refractivity contribution in [3.8, 4) is 0 Å². The van der Waals surface area contributed by atoms with Crippen LogP contribution in [0.2, 0.25) is 0 Å². The van der Waals surface area contributed by atoms with Crippen LogP contribution in [-0.2, 0) is 10.2 Å². The lowest BCUT2D eigenvalue weighted by Crippen LogP contribution is -2.46. The zero-order chi connectivity index (χ0) is 18.0. The second kappa shape index (κ2) is 7.06. The van der Waals surface area contributed by atoms with Gasteiger partial charge in [-0.15, -0.1) is 0 Å². The lowest BCUT2D eigenvalue weighted by atomic mass is 9.85. The number of nitrogens with one attached hydrogen (secondary N) is 2. The predicted molar refractivity (Wildman–Crippen MR) is 99.6 cm³/mol. The first-order chi connectivity index (χ1) is 11.8. The predicted octanol–water partition coefficient (Wildman–Crippen LogP) is 3.51. The first kappa shape index (κ1) is 17.8. The molecule has 136 valence electrons. The molecule has 5 heteroatoms. The molecule has 0 spiro atoms. The number of hydrogen-bond acceptors (Lipinski definition) is 2. The van der Waals surface area contributed by atoms with E-state index < -0.39 is 0 Å². The average Bonchev–Trinajstić information content (AvgIpc) is 3.38. The Bertz CT molecular complexity index is 639. The molecule has 1 aliphatic carbocycles. The van der Waals surface area contributed by atoms with Crippen molar-refractivity contribution in [3.63, 3.8) is 0 Å². The van der Waals surface area contributed by atoms with E-state index in [4.69, 9.17) is 0 Å². The minimum Gasteiger partial charge on any atom is -0.335 e. The van der Waals surface area contributed by atoms with E-state index in [1.807, 2.05) is 23.1 Å². The highest BCUT2D eigenvalue weighted by Crippen LogP contribution is 2.30. The number of urea groups is 1. The van der Waals surface area contributed by atoms with Gasteiger partial charge in [-0.1, -0.05) is 39.0 Å². The standard InChI is InChI=1S/C20H29N3O2/c1-20(2,3)16-6-4-5-7-17(16)22-18(24)14-10-12-23(13-11-14)19(25)21-15-8-9-15/h4-7,14-15H,8-13H2,1-3H3,(H,21,25)(H,22,24). The summed E-state index contributed by atoms with van der Waals surface area (Å²) in [5, 5.41) is 6.13. The molecule has 1 saturated heterocycles. The van der Waals surface area contributed by atoms with Gasteiger partial charge in [0.25, 0.3) is 0 Å². The van der Waals surface area contributed by atoms with E-state index >= 15 is 0 Å². The van der Waals surface area contributed by atoms with Gasteiger partial charge in [0.1, 0.15) is 0 Å². The molecule has 2 fully saturated rings. The Morgan fingerprint density at radius 1 is 1.04 bits per heavy atom. The SMILES string of the molecule is CC(C)(C)c1ccccc1NC(=O)C1CCN(C(=O)NC2CC2)CC1. The van der Waals surface area contributed by atoms with Gasteiger partial charge >= 0.3 is 6.03 Å². The smallest absolute Gasteiger partial charge is 0.317 e. The summed E-state index contributed by atoms with van der Waals surface area (Å²) in [5.41, 5.74) is 2.02. The number of nitrogens with zero attached hydrogens (tertiary/aromatic N) is 1. The normalized spacial score (nSPS) is 18.8. The summed E-state index contributed by atoms with van der Waals surface area (Å²) < 4.78 is 0. The Kier molecular flexibility index (Phi) is 5.02. The van der Waals surface area contributed by atoms with Crippen molar-refractivity contribution < 1.29 is 9.59 Å². The molecule has 2 aliphatic rings. The molecule has 2 N–H and O–H groups in total. The molecular formula is C20H29N3O2. The minimum absolute atomic E-state index is 0.0197. The molecule has 3 amide bonds. The maximum Gasteiger partial charge on any atom is 0.317 e. The maximum atomic E-state index is 12.7. The monoisotopic (exact) mass is 343 g/mol. The van der Waals surface area contributed by atoms with Gasteiger partial charge in [-0.3, -0.25) is 4.79 Å². The van der Waals surface area contributed by atoms with Crippen molar-refractivity contribution in [1.29, 1.82) is 0 Å². The Balaban J connectivity index is 1.56. The molecule has 0 unspecified atom stereocenters. The summed E-state index contributed by atoms with van der Waals surface area (Å²) in [5.74, 6) is 0.0388. The number of likely N-dealkylation sites (tertiary alicyclic amines) is 1. The number of amides is 3. The molecule has 0 bridgehead atoms. The van der Waals surface area contributed by atoms with Crippen LogP contribution in [0.1, 0.15) is 52.0 Å². The van der Waals surface area contributed by atoms with Gasteiger partial charge in [-0.05, 0) is 42.7 Å². The van der Waals surface area contributed by atoms with Gasteiger partial charge in [0.15, 0.2) is 0 Å². The largest absolute Gasteiger partial charge is 0.335 e. The van der Waals surface area contributed by atoms with Gasteiger partial charge in [0.05, 0.1) is 0 Å². The summed E-state index contributed by atoms with van der Waals surface area (Å²) in [4.78, 5) is 26.6. The number of piperidine rings is 1. The summed E-state index contributed by atoms with van der Waals surface area (Å²) in [7, 11) is 0. The Labute approximate surface area is 150 Å². The number of carbonyl (C=O) groups excluding carboxylic acids is 2. The van der Waals surface area contributed by atoms with E-state index in [-0.39, 0.29) is 23.3 Å². The van der Waals surface area contributed by atoms with E-state index in [0.29, 0.717) is 19.1 Å². The fourth-order valence-electron chi connectivity index (χ4n) is 3.32. The van der Waals surface area contributed by atoms with Crippen LogP contribution < -0.4 is 10.6 Å². The number of hydrogen-bond donors (Lipinski definition) is 2. The van der Waals surface area contributed by atoms with Gasteiger partial charge in [-0.25, -0.2) is 4.79 Å². The zero-order valence-electron chi connectivity index (χ0n) is 15.5. The third-order valence-electron chi connectivity index (χ3n) is 5.05. The molecular weight excluding hydrogens is 314 g/mol. The molecule has 5 nitrogen and oxygen atoms in total. The van der Waals surface area contributed by atoms with Crippen molar-refractivity contribution in [1.82, 2.24) is 10.2 Å². The first-order valence-corrected chi connectivity index (χ1v) is 9.30. The number of rotatable bonds is 3. The summed E-state index contributed by atoms with van der Waals surface area (Å²) in [6.07, 6.45) is 3.64. The van der Waals surface area contributed by atoms with Crippen LogP contribution in [0.5, 0.6) is 0 Å². The number of benzene rings is 1.